The third-order valence-corrected chi connectivity index (χ3v) is 9.87. The molecular weight excluding hydrogens is 440 g/mol. The van der Waals surface area contributed by atoms with Crippen molar-refractivity contribution in [1.82, 2.24) is 0 Å². The summed E-state index contributed by atoms with van der Waals surface area (Å²) in [6.07, 6.45) is 7.26. The average molecular weight is 475 g/mol. The van der Waals surface area contributed by atoms with Crippen LogP contribution >= 0.6 is 11.8 Å². The van der Waals surface area contributed by atoms with Crippen LogP contribution < -0.4 is 10.2 Å². The number of nitrogens with zero attached hydrogens (tertiary/aromatic N) is 1. The molecule has 4 saturated carbocycles. The first-order valence-electron chi connectivity index (χ1n) is 12.9. The number of carbonyl (C=O) groups excluding carboxylic acids is 2. The SMILES string of the molecule is CC(C)c1ccccc1N1C(=O)CS[C@@H]1c1ccc(NC(=O)C23CC4CC(CC(C4)C2)C3)cc1. The van der Waals surface area contributed by atoms with Crippen molar-refractivity contribution < 1.29 is 9.59 Å². The lowest BCUT2D eigenvalue weighted by molar-refractivity contribution is -0.140. The van der Waals surface area contributed by atoms with Crippen LogP contribution in [0.5, 0.6) is 0 Å². The van der Waals surface area contributed by atoms with Crippen molar-refractivity contribution >= 4 is 35.0 Å². The number of amides is 2. The molecule has 0 aromatic heterocycles. The van der Waals surface area contributed by atoms with Gasteiger partial charge in [0.2, 0.25) is 11.8 Å². The molecule has 1 aliphatic heterocycles. The van der Waals surface area contributed by atoms with Gasteiger partial charge in [0.15, 0.2) is 0 Å². The number of nitrogens with one attached hydrogen (secondary N) is 1. The minimum Gasteiger partial charge on any atom is -0.326 e. The Bertz CT molecular complexity index is 1070. The van der Waals surface area contributed by atoms with Crippen molar-refractivity contribution in [1.29, 1.82) is 0 Å². The maximum atomic E-state index is 13.4. The maximum Gasteiger partial charge on any atom is 0.238 e. The number of para-hydroxylation sites is 1. The highest BCUT2D eigenvalue weighted by Crippen LogP contribution is 2.60. The maximum absolute atomic E-state index is 13.4. The van der Waals surface area contributed by atoms with Gasteiger partial charge in [0.25, 0.3) is 0 Å². The number of hydrogen-bond donors (Lipinski definition) is 1. The molecule has 2 aromatic rings. The van der Waals surface area contributed by atoms with E-state index in [2.05, 4.69) is 43.4 Å². The highest BCUT2D eigenvalue weighted by atomic mass is 32.2. The molecule has 0 unspecified atom stereocenters. The van der Waals surface area contributed by atoms with E-state index in [4.69, 9.17) is 0 Å². The summed E-state index contributed by atoms with van der Waals surface area (Å²) in [4.78, 5) is 28.3. The van der Waals surface area contributed by atoms with Crippen molar-refractivity contribution in [3.8, 4) is 0 Å². The summed E-state index contributed by atoms with van der Waals surface area (Å²) in [6, 6.07) is 16.4. The molecule has 5 heteroatoms. The third-order valence-electron chi connectivity index (χ3n) is 8.66. The molecule has 4 aliphatic carbocycles. The molecule has 1 saturated heterocycles. The van der Waals surface area contributed by atoms with Gasteiger partial charge in [0, 0.05) is 11.4 Å². The smallest absolute Gasteiger partial charge is 0.238 e. The van der Waals surface area contributed by atoms with Crippen LogP contribution in [-0.4, -0.2) is 17.6 Å². The topological polar surface area (TPSA) is 49.4 Å². The van der Waals surface area contributed by atoms with Gasteiger partial charge in [0.1, 0.15) is 5.37 Å². The minimum absolute atomic E-state index is 0.0414. The molecule has 1 heterocycles. The quantitative estimate of drug-likeness (QED) is 0.522. The van der Waals surface area contributed by atoms with E-state index in [0.717, 1.165) is 54.0 Å². The van der Waals surface area contributed by atoms with Gasteiger partial charge in [-0.25, -0.2) is 0 Å². The summed E-state index contributed by atoms with van der Waals surface area (Å²) < 4.78 is 0. The molecule has 1 N–H and O–H groups in total. The molecule has 2 amide bonds. The monoisotopic (exact) mass is 474 g/mol. The van der Waals surface area contributed by atoms with Crippen molar-refractivity contribution in [2.24, 2.45) is 23.2 Å². The summed E-state index contributed by atoms with van der Waals surface area (Å²) in [6.45, 7) is 4.34. The second kappa shape index (κ2) is 8.44. The van der Waals surface area contributed by atoms with Crippen LogP contribution in [0.2, 0.25) is 0 Å². The summed E-state index contributed by atoms with van der Waals surface area (Å²) >= 11 is 1.67. The van der Waals surface area contributed by atoms with Gasteiger partial charge in [-0.15, -0.1) is 11.8 Å². The second-order valence-corrected chi connectivity index (χ2v) is 12.5. The molecule has 1 atom stereocenters. The van der Waals surface area contributed by atoms with Crippen LogP contribution in [-0.2, 0) is 9.59 Å². The zero-order valence-electron chi connectivity index (χ0n) is 20.1. The Balaban J connectivity index is 1.20. The fourth-order valence-electron chi connectivity index (χ4n) is 7.51. The van der Waals surface area contributed by atoms with E-state index in [9.17, 15) is 9.59 Å². The first kappa shape index (κ1) is 22.2. The van der Waals surface area contributed by atoms with Gasteiger partial charge in [-0.05, 0) is 91.5 Å². The van der Waals surface area contributed by atoms with Gasteiger partial charge in [-0.2, -0.15) is 0 Å². The number of hydrogen-bond acceptors (Lipinski definition) is 3. The van der Waals surface area contributed by atoms with Crippen LogP contribution in [0.4, 0.5) is 11.4 Å². The predicted octanol–water partition coefficient (Wildman–Crippen LogP) is 6.74. The zero-order chi connectivity index (χ0) is 23.4. The molecule has 5 fully saturated rings. The van der Waals surface area contributed by atoms with Crippen LogP contribution in [0.25, 0.3) is 0 Å². The fourth-order valence-corrected chi connectivity index (χ4v) is 8.68. The van der Waals surface area contributed by atoms with E-state index in [-0.39, 0.29) is 22.6 Å². The van der Waals surface area contributed by atoms with Crippen LogP contribution in [0.3, 0.4) is 0 Å². The molecule has 34 heavy (non-hydrogen) atoms. The summed E-state index contributed by atoms with van der Waals surface area (Å²) in [5.41, 5.74) is 4.04. The summed E-state index contributed by atoms with van der Waals surface area (Å²) in [5, 5.41) is 3.22. The van der Waals surface area contributed by atoms with Gasteiger partial charge in [0.05, 0.1) is 11.2 Å². The molecule has 4 nitrogen and oxygen atoms in total. The highest BCUT2D eigenvalue weighted by molar-refractivity contribution is 8.00. The fraction of sp³-hybridized carbons (Fsp3) is 0.517. The molecule has 0 spiro atoms. The summed E-state index contributed by atoms with van der Waals surface area (Å²) in [5.74, 6) is 3.50. The second-order valence-electron chi connectivity index (χ2n) is 11.4. The van der Waals surface area contributed by atoms with Gasteiger partial charge in [-0.3, -0.25) is 14.5 Å². The Morgan fingerprint density at radius 3 is 2.21 bits per heavy atom. The Morgan fingerprint density at radius 2 is 1.59 bits per heavy atom. The molecule has 178 valence electrons. The predicted molar refractivity (Wildman–Crippen MR) is 139 cm³/mol. The van der Waals surface area contributed by atoms with Crippen molar-refractivity contribution in [2.45, 2.75) is 63.7 Å². The minimum atomic E-state index is -0.140. The number of rotatable bonds is 5. The van der Waals surface area contributed by atoms with E-state index in [1.54, 1.807) is 11.8 Å². The van der Waals surface area contributed by atoms with E-state index in [1.165, 1.54) is 24.8 Å². The Kier molecular flexibility index (Phi) is 5.51. The third kappa shape index (κ3) is 3.77. The first-order valence-corrected chi connectivity index (χ1v) is 13.9. The van der Waals surface area contributed by atoms with E-state index >= 15 is 0 Å². The molecule has 4 bridgehead atoms. The lowest BCUT2D eigenvalue weighted by Gasteiger charge is -2.55. The van der Waals surface area contributed by atoms with Gasteiger partial charge >= 0.3 is 0 Å². The van der Waals surface area contributed by atoms with Crippen molar-refractivity contribution in [3.63, 3.8) is 0 Å². The van der Waals surface area contributed by atoms with Gasteiger partial charge < -0.3 is 5.32 Å². The van der Waals surface area contributed by atoms with Gasteiger partial charge in [-0.1, -0.05) is 44.2 Å². The zero-order valence-corrected chi connectivity index (χ0v) is 20.9. The molecule has 5 aliphatic rings. The molecular formula is C29H34N2O2S. The molecule has 7 rings (SSSR count). The van der Waals surface area contributed by atoms with E-state index in [1.807, 2.05) is 29.2 Å². The lowest BCUT2D eigenvalue weighted by Crippen LogP contribution is -2.51. The first-order chi connectivity index (χ1) is 16.4. The van der Waals surface area contributed by atoms with Crippen LogP contribution in [0.1, 0.15) is 74.8 Å². The van der Waals surface area contributed by atoms with E-state index in [0.29, 0.717) is 11.7 Å². The van der Waals surface area contributed by atoms with Crippen LogP contribution in [0.15, 0.2) is 48.5 Å². The Labute approximate surface area is 206 Å². The largest absolute Gasteiger partial charge is 0.326 e. The summed E-state index contributed by atoms with van der Waals surface area (Å²) in [7, 11) is 0. The van der Waals surface area contributed by atoms with Crippen LogP contribution in [0, 0.1) is 23.2 Å². The Hall–Kier alpha value is -2.27. The lowest BCUT2D eigenvalue weighted by atomic mass is 9.49. The Morgan fingerprint density at radius 1 is 0.971 bits per heavy atom. The number of benzene rings is 2. The molecule has 0 radical (unpaired) electrons. The standard InChI is InChI=1S/C29H34N2O2S/c1-18(2)24-5-3-4-6-25(24)31-26(32)17-34-27(31)22-7-9-23(10-8-22)30-28(33)29-14-19-11-20(15-29)13-21(12-19)16-29/h3-10,18-21,27H,11-17H2,1-2H3,(H,30,33)/t19?,20?,21?,27-,29?/m1/s1. The average Bonchev–Trinajstić information content (AvgIpc) is 3.19. The number of carbonyl (C=O) groups is 2. The number of thioether (sulfide) groups is 1. The number of anilines is 2. The van der Waals surface area contributed by atoms with Crippen molar-refractivity contribution in [2.75, 3.05) is 16.0 Å². The van der Waals surface area contributed by atoms with Crippen molar-refractivity contribution in [3.05, 3.63) is 59.7 Å². The van der Waals surface area contributed by atoms with E-state index < -0.39 is 0 Å². The molecule has 2 aromatic carbocycles. The highest BCUT2D eigenvalue weighted by Gasteiger charge is 2.54. The normalized spacial score (nSPS) is 32.0.